The Morgan fingerprint density at radius 1 is 1.00 bits per heavy atom. The highest BCUT2D eigenvalue weighted by Gasteiger charge is 2.34. The Morgan fingerprint density at radius 3 is 1.95 bits per heavy atom. The van der Waals surface area contributed by atoms with Gasteiger partial charge in [0.25, 0.3) is 0 Å². The highest BCUT2D eigenvalue weighted by molar-refractivity contribution is 7.92. The van der Waals surface area contributed by atoms with Gasteiger partial charge in [0.15, 0.2) is 15.1 Å². The summed E-state index contributed by atoms with van der Waals surface area (Å²) in [4.78, 5) is 25.2. The number of aliphatic carboxylic acids is 1. The van der Waals surface area contributed by atoms with Gasteiger partial charge < -0.3 is 9.99 Å². The molecule has 1 atom stereocenters. The van der Waals surface area contributed by atoms with Crippen LogP contribution < -0.4 is 0 Å². The minimum absolute atomic E-state index is 0.280. The third-order valence-corrected chi connectivity index (χ3v) is 5.54. The maximum Gasteiger partial charge on any atom is 0.343 e. The van der Waals surface area contributed by atoms with Gasteiger partial charge in [-0.3, -0.25) is 4.79 Å². The molecule has 0 saturated heterocycles. The summed E-state index contributed by atoms with van der Waals surface area (Å²) in [5.74, 6) is -3.16. The summed E-state index contributed by atoms with van der Waals surface area (Å²) < 4.78 is 23.9. The quantitative estimate of drug-likeness (QED) is 0.301. The van der Waals surface area contributed by atoms with Crippen LogP contribution in [0.3, 0.4) is 0 Å². The van der Waals surface area contributed by atoms with E-state index >= 15 is 0 Å². The van der Waals surface area contributed by atoms with Gasteiger partial charge in [0.2, 0.25) is 0 Å². The van der Waals surface area contributed by atoms with Crippen molar-refractivity contribution in [3.8, 4) is 0 Å². The van der Waals surface area contributed by atoms with Crippen LogP contribution in [-0.4, -0.2) is 41.7 Å². The molecule has 22 heavy (non-hydrogen) atoms. The Hall–Kier alpha value is -1.15. The zero-order valence-electron chi connectivity index (χ0n) is 13.0. The SMILES string of the molecule is CCCCCCCCCCS(=O)(=O)C(CC(=O)OO)C(=O)O. The molecule has 8 heteroatoms. The predicted molar refractivity (Wildman–Crippen MR) is 81.2 cm³/mol. The van der Waals surface area contributed by atoms with Gasteiger partial charge in [0.05, 0.1) is 12.2 Å². The smallest absolute Gasteiger partial charge is 0.343 e. The number of unbranched alkanes of at least 4 members (excludes halogenated alkanes) is 7. The lowest BCUT2D eigenvalue weighted by molar-refractivity contribution is -0.234. The van der Waals surface area contributed by atoms with Gasteiger partial charge in [0.1, 0.15) is 0 Å². The van der Waals surface area contributed by atoms with E-state index in [4.69, 9.17) is 10.4 Å². The second-order valence-electron chi connectivity index (χ2n) is 5.34. The minimum atomic E-state index is -3.94. The first-order chi connectivity index (χ1) is 10.3. The number of carboxylic acids is 1. The summed E-state index contributed by atoms with van der Waals surface area (Å²) in [6, 6.07) is 0. The first-order valence-corrected chi connectivity index (χ1v) is 9.35. The fourth-order valence-corrected chi connectivity index (χ4v) is 3.72. The van der Waals surface area contributed by atoms with E-state index in [0.717, 1.165) is 19.3 Å². The first-order valence-electron chi connectivity index (χ1n) is 7.63. The molecule has 0 aliphatic rings. The predicted octanol–water partition coefficient (Wildman–Crippen LogP) is 2.40. The second-order valence-corrected chi connectivity index (χ2v) is 7.64. The Morgan fingerprint density at radius 2 is 1.50 bits per heavy atom. The molecule has 0 aromatic carbocycles. The Kier molecular flexibility index (Phi) is 10.8. The third kappa shape index (κ3) is 8.99. The average molecular weight is 338 g/mol. The molecule has 1 unspecified atom stereocenters. The van der Waals surface area contributed by atoms with E-state index in [-0.39, 0.29) is 5.75 Å². The normalized spacial score (nSPS) is 12.8. The summed E-state index contributed by atoms with van der Waals surface area (Å²) >= 11 is 0. The molecule has 0 saturated carbocycles. The van der Waals surface area contributed by atoms with Crippen LogP contribution in [0.15, 0.2) is 0 Å². The number of carbonyl (C=O) groups is 2. The van der Waals surface area contributed by atoms with Crippen molar-refractivity contribution in [1.29, 1.82) is 0 Å². The molecule has 2 N–H and O–H groups in total. The van der Waals surface area contributed by atoms with Crippen LogP contribution in [0, 0.1) is 0 Å². The fraction of sp³-hybridized carbons (Fsp3) is 0.857. The lowest BCUT2D eigenvalue weighted by Crippen LogP contribution is -2.34. The number of carbonyl (C=O) groups excluding carboxylic acids is 1. The molecule has 0 aliphatic heterocycles. The summed E-state index contributed by atoms with van der Waals surface area (Å²) in [6.07, 6.45) is 6.83. The van der Waals surface area contributed by atoms with Crippen LogP contribution >= 0.6 is 0 Å². The molecular weight excluding hydrogens is 312 g/mol. The van der Waals surface area contributed by atoms with Crippen molar-refractivity contribution in [2.45, 2.75) is 70.0 Å². The average Bonchev–Trinajstić information content (AvgIpc) is 2.46. The second kappa shape index (κ2) is 11.4. The molecular formula is C14H26O7S. The van der Waals surface area contributed by atoms with Crippen LogP contribution in [0.2, 0.25) is 0 Å². The molecule has 0 spiro atoms. The van der Waals surface area contributed by atoms with Crippen molar-refractivity contribution in [3.63, 3.8) is 0 Å². The van der Waals surface area contributed by atoms with Gasteiger partial charge in [-0.2, -0.15) is 5.26 Å². The topological polar surface area (TPSA) is 118 Å². The van der Waals surface area contributed by atoms with Crippen LogP contribution in [-0.2, 0) is 24.3 Å². The molecule has 130 valence electrons. The van der Waals surface area contributed by atoms with Crippen LogP contribution in [0.4, 0.5) is 0 Å². The molecule has 0 aliphatic carbocycles. The van der Waals surface area contributed by atoms with Crippen molar-refractivity contribution < 1.29 is 33.3 Å². The molecule has 0 amide bonds. The van der Waals surface area contributed by atoms with Gasteiger partial charge in [0, 0.05) is 0 Å². The van der Waals surface area contributed by atoms with E-state index < -0.39 is 33.4 Å². The molecule has 0 bridgehead atoms. The van der Waals surface area contributed by atoms with Crippen molar-refractivity contribution in [2.75, 3.05) is 5.75 Å². The van der Waals surface area contributed by atoms with Gasteiger partial charge in [-0.25, -0.2) is 13.2 Å². The van der Waals surface area contributed by atoms with E-state index in [1.54, 1.807) is 0 Å². The first kappa shape index (κ1) is 20.9. The van der Waals surface area contributed by atoms with Crippen molar-refractivity contribution >= 4 is 21.8 Å². The lowest BCUT2D eigenvalue weighted by atomic mass is 10.1. The van der Waals surface area contributed by atoms with Crippen molar-refractivity contribution in [3.05, 3.63) is 0 Å². The third-order valence-electron chi connectivity index (χ3n) is 3.45. The van der Waals surface area contributed by atoms with Gasteiger partial charge in [-0.1, -0.05) is 51.9 Å². The molecule has 0 aromatic heterocycles. The molecule has 0 heterocycles. The number of sulfone groups is 1. The van der Waals surface area contributed by atoms with Gasteiger partial charge in [-0.15, -0.1) is 0 Å². The summed E-state index contributed by atoms with van der Waals surface area (Å²) in [7, 11) is -3.94. The zero-order valence-corrected chi connectivity index (χ0v) is 13.8. The Labute approximate surface area is 131 Å². The van der Waals surface area contributed by atoms with Crippen molar-refractivity contribution in [2.24, 2.45) is 0 Å². The summed E-state index contributed by atoms with van der Waals surface area (Å²) in [5.41, 5.74) is 0. The minimum Gasteiger partial charge on any atom is -0.480 e. The molecule has 0 radical (unpaired) electrons. The highest BCUT2D eigenvalue weighted by Crippen LogP contribution is 2.14. The standard InChI is InChI=1S/C14H26O7S/c1-2-3-4-5-6-7-8-9-10-22(19,20)12(14(16)17)11-13(15)21-18/h12,18H,2-11H2,1H3,(H,16,17). The number of carboxylic acid groups (broad SMARTS) is 1. The van der Waals surface area contributed by atoms with E-state index in [2.05, 4.69) is 11.8 Å². The largest absolute Gasteiger partial charge is 0.480 e. The molecule has 7 nitrogen and oxygen atoms in total. The van der Waals surface area contributed by atoms with Crippen LogP contribution in [0.1, 0.15) is 64.7 Å². The van der Waals surface area contributed by atoms with Crippen LogP contribution in [0.5, 0.6) is 0 Å². The summed E-state index contributed by atoms with van der Waals surface area (Å²) in [6.45, 7) is 2.14. The fourth-order valence-electron chi connectivity index (χ4n) is 2.14. The summed E-state index contributed by atoms with van der Waals surface area (Å²) in [5, 5.41) is 15.2. The van der Waals surface area contributed by atoms with Gasteiger partial charge in [-0.05, 0) is 6.42 Å². The number of hydrogen-bond donors (Lipinski definition) is 2. The van der Waals surface area contributed by atoms with Gasteiger partial charge >= 0.3 is 11.9 Å². The lowest BCUT2D eigenvalue weighted by Gasteiger charge is -2.11. The maximum atomic E-state index is 11.9. The number of rotatable bonds is 13. The van der Waals surface area contributed by atoms with E-state index in [1.807, 2.05) is 0 Å². The van der Waals surface area contributed by atoms with E-state index in [0.29, 0.717) is 12.8 Å². The van der Waals surface area contributed by atoms with E-state index in [9.17, 15) is 18.0 Å². The highest BCUT2D eigenvalue weighted by atomic mass is 32.2. The van der Waals surface area contributed by atoms with E-state index in [1.165, 1.54) is 19.3 Å². The monoisotopic (exact) mass is 338 g/mol. The molecule has 0 fully saturated rings. The molecule has 0 aromatic rings. The number of hydrogen-bond acceptors (Lipinski definition) is 6. The molecule has 0 rings (SSSR count). The van der Waals surface area contributed by atoms with Crippen molar-refractivity contribution in [1.82, 2.24) is 0 Å². The Balaban J connectivity index is 4.14. The zero-order chi connectivity index (χ0) is 17.0. The maximum absolute atomic E-state index is 11.9. The van der Waals surface area contributed by atoms with Crippen LogP contribution in [0.25, 0.3) is 0 Å². The Bertz CT molecular complexity index is 430.